The van der Waals surface area contributed by atoms with Crippen LogP contribution >= 0.6 is 0 Å². The fourth-order valence-corrected chi connectivity index (χ4v) is 49.8. The van der Waals surface area contributed by atoms with Gasteiger partial charge in [0.15, 0.2) is 0 Å². The Labute approximate surface area is 369 Å². The van der Waals surface area contributed by atoms with Gasteiger partial charge in [-0.2, -0.15) is 0 Å². The standard InChI is InChI=1S/2C25H23.C6H10.2ClH.Hf/c2*1-2-8-18(9-3-1)21-16-20-12-7-15-24(25(20)17-21)23-14-6-11-19-10-4-5-13-22(19)23;1-2-4-6-5-3-1;;;/h2*4-7,10-18H,1-3,8-9H2;1-2H,3-6H2;2*1H;/q;;;;;+2/p-2. The summed E-state index contributed by atoms with van der Waals surface area (Å²) in [4.78, 5) is 0. The predicted octanol–water partition coefficient (Wildman–Crippen LogP) is 10.4. The van der Waals surface area contributed by atoms with Crippen LogP contribution in [0.4, 0.5) is 0 Å². The first-order valence-corrected chi connectivity index (χ1v) is 31.3. The smallest absolute Gasteiger partial charge is 1.00 e. The zero-order valence-electron chi connectivity index (χ0n) is 34.3. The molecule has 5 aliphatic carbocycles. The SMILES string of the molecule is C1=C(C2CCCCC2)[CH]([Hf+2]2([CH]3C(C4CCCCC4)=Cc4c(-c5cccc6ccccc56)cccc43)[CH]3CCCC[CH]32)c2cccc(-c3cccc4ccccc34)c21.[Cl-].[Cl-]. The molecule has 0 radical (unpaired) electrons. The van der Waals surface area contributed by atoms with E-state index in [9.17, 15) is 0 Å². The summed E-state index contributed by atoms with van der Waals surface area (Å²) in [6.07, 6.45) is 25.7. The van der Waals surface area contributed by atoms with Gasteiger partial charge in [-0.05, 0) is 0 Å². The first kappa shape index (κ1) is 39.9. The Hall–Kier alpha value is -3.23. The summed E-state index contributed by atoms with van der Waals surface area (Å²) >= 11 is -3.45. The molecule has 6 aromatic rings. The largest absolute Gasteiger partial charge is 1.00 e. The minimum Gasteiger partial charge on any atom is -1.00 e. The molecule has 59 heavy (non-hydrogen) atoms. The van der Waals surface area contributed by atoms with Crippen molar-refractivity contribution in [2.45, 2.75) is 105 Å². The summed E-state index contributed by atoms with van der Waals surface area (Å²) in [6.45, 7) is 0. The van der Waals surface area contributed by atoms with E-state index in [-0.39, 0.29) is 24.8 Å². The van der Waals surface area contributed by atoms with Crippen molar-refractivity contribution in [1.29, 1.82) is 0 Å². The van der Waals surface area contributed by atoms with Crippen molar-refractivity contribution < 1.29 is 44.8 Å². The third kappa shape index (κ3) is 6.29. The van der Waals surface area contributed by atoms with Crippen LogP contribution in [0.15, 0.2) is 132 Å². The van der Waals surface area contributed by atoms with Crippen molar-refractivity contribution >= 4 is 33.7 Å². The van der Waals surface area contributed by atoms with Crippen LogP contribution in [0.2, 0.25) is 7.35 Å². The van der Waals surface area contributed by atoms with Crippen LogP contribution in [0.1, 0.15) is 119 Å². The van der Waals surface area contributed by atoms with Gasteiger partial charge < -0.3 is 24.8 Å². The molecule has 1 saturated heterocycles. The van der Waals surface area contributed by atoms with Crippen molar-refractivity contribution in [3.05, 3.63) is 155 Å². The first-order valence-electron chi connectivity index (χ1n) is 23.0. The Bertz CT molecular complexity index is 2410. The maximum Gasteiger partial charge on any atom is -1.00 e. The Morgan fingerprint density at radius 3 is 1.19 bits per heavy atom. The number of benzene rings is 6. The number of hydrogen-bond acceptors (Lipinski definition) is 0. The number of allylic oxidation sites excluding steroid dienone is 2. The fourth-order valence-electron chi connectivity index (χ4n) is 14.2. The van der Waals surface area contributed by atoms with Crippen molar-refractivity contribution in [2.75, 3.05) is 0 Å². The average molecular weight is 978 g/mol. The van der Waals surface area contributed by atoms with Gasteiger partial charge in [-0.1, -0.05) is 0 Å². The molecule has 0 bridgehead atoms. The molecule has 1 heterocycles. The van der Waals surface area contributed by atoms with Crippen molar-refractivity contribution in [2.24, 2.45) is 11.8 Å². The minimum absolute atomic E-state index is 0. The van der Waals surface area contributed by atoms with Crippen LogP contribution in [-0.2, 0) is 20.0 Å². The molecule has 0 aromatic heterocycles. The molecule has 0 spiro atoms. The van der Waals surface area contributed by atoms with E-state index in [4.69, 9.17) is 0 Å². The van der Waals surface area contributed by atoms with Gasteiger partial charge in [0.1, 0.15) is 0 Å². The second-order valence-electron chi connectivity index (χ2n) is 19.0. The van der Waals surface area contributed by atoms with Crippen molar-refractivity contribution in [3.8, 4) is 22.3 Å². The van der Waals surface area contributed by atoms with E-state index >= 15 is 0 Å². The molecule has 0 nitrogen and oxygen atoms in total. The number of rotatable bonds is 6. The second-order valence-corrected chi connectivity index (χ2v) is 35.7. The monoisotopic (exact) mass is 978 g/mol. The molecule has 4 unspecified atom stereocenters. The van der Waals surface area contributed by atoms with Crippen LogP contribution in [-0.4, -0.2) is 0 Å². The fraction of sp³-hybridized carbons (Fsp3) is 0.357. The summed E-state index contributed by atoms with van der Waals surface area (Å²) in [6, 6.07) is 47.5. The average Bonchev–Trinajstić information content (AvgIpc) is 3.53. The van der Waals surface area contributed by atoms with Crippen molar-refractivity contribution in [3.63, 3.8) is 0 Å². The van der Waals surface area contributed by atoms with E-state index in [0.717, 1.165) is 19.2 Å². The molecule has 3 saturated carbocycles. The Morgan fingerprint density at radius 2 is 0.729 bits per heavy atom. The molecule has 4 atom stereocenters. The molecule has 0 amide bonds. The van der Waals surface area contributed by atoms with Crippen LogP contribution in [0.5, 0.6) is 0 Å². The molecular weight excluding hydrogens is 922 g/mol. The molecule has 3 heteroatoms. The molecule has 4 fully saturated rings. The maximum atomic E-state index is 2.87. The van der Waals surface area contributed by atoms with E-state index in [2.05, 4.69) is 133 Å². The van der Waals surface area contributed by atoms with Gasteiger partial charge in [0.05, 0.1) is 0 Å². The van der Waals surface area contributed by atoms with Crippen LogP contribution in [0, 0.1) is 11.8 Å². The van der Waals surface area contributed by atoms with Gasteiger partial charge >= 0.3 is 347 Å². The molecule has 6 aromatic carbocycles. The normalized spacial score (nSPS) is 25.2. The van der Waals surface area contributed by atoms with E-state index in [1.165, 1.54) is 134 Å². The van der Waals surface area contributed by atoms with Crippen molar-refractivity contribution in [1.82, 2.24) is 0 Å². The van der Waals surface area contributed by atoms with Crippen LogP contribution in [0.25, 0.3) is 56.0 Å². The van der Waals surface area contributed by atoms with Gasteiger partial charge in [0.2, 0.25) is 0 Å². The van der Waals surface area contributed by atoms with Gasteiger partial charge in [-0.25, -0.2) is 0 Å². The summed E-state index contributed by atoms with van der Waals surface area (Å²) < 4.78 is 3.45. The minimum atomic E-state index is -3.45. The Kier molecular flexibility index (Phi) is 11.0. The number of hydrogen-bond donors (Lipinski definition) is 0. The third-order valence-corrected chi connectivity index (χ3v) is 41.1. The number of halogens is 2. The zero-order valence-corrected chi connectivity index (χ0v) is 39.4. The Morgan fingerprint density at radius 1 is 0.356 bits per heavy atom. The van der Waals surface area contributed by atoms with Gasteiger partial charge in [-0.15, -0.1) is 0 Å². The summed E-state index contributed by atoms with van der Waals surface area (Å²) in [5, 5.41) is 5.51. The molecular formula is C56H56Cl2Hf. The van der Waals surface area contributed by atoms with Gasteiger partial charge in [0, 0.05) is 0 Å². The van der Waals surface area contributed by atoms with E-state index < -0.39 is 20.0 Å². The summed E-state index contributed by atoms with van der Waals surface area (Å²) in [5.74, 6) is 1.50. The predicted molar refractivity (Wildman–Crippen MR) is 239 cm³/mol. The molecule has 0 N–H and O–H groups in total. The van der Waals surface area contributed by atoms with Gasteiger partial charge in [0.25, 0.3) is 0 Å². The third-order valence-electron chi connectivity index (χ3n) is 16.4. The van der Waals surface area contributed by atoms with Crippen LogP contribution in [0.3, 0.4) is 0 Å². The second kappa shape index (κ2) is 16.2. The van der Waals surface area contributed by atoms with Crippen LogP contribution < -0.4 is 24.8 Å². The van der Waals surface area contributed by atoms with Gasteiger partial charge in [-0.3, -0.25) is 0 Å². The zero-order chi connectivity index (χ0) is 37.5. The van der Waals surface area contributed by atoms with E-state index in [1.807, 2.05) is 11.1 Å². The molecule has 12 rings (SSSR count). The summed E-state index contributed by atoms with van der Waals surface area (Å²) in [7, 11) is 0. The molecule has 298 valence electrons. The molecule has 1 aliphatic heterocycles. The number of fused-ring (bicyclic) bond motifs is 5. The Balaban J connectivity index is 0.00000210. The summed E-state index contributed by atoms with van der Waals surface area (Å²) in [5.41, 5.74) is 16.4. The topological polar surface area (TPSA) is 0 Å². The molecule has 6 aliphatic rings. The quantitative estimate of drug-likeness (QED) is 0.146. The first-order chi connectivity index (χ1) is 28.3. The van der Waals surface area contributed by atoms with E-state index in [0.29, 0.717) is 7.35 Å². The van der Waals surface area contributed by atoms with E-state index in [1.54, 1.807) is 22.3 Å². The maximum absolute atomic E-state index is 3.45.